The fourth-order valence-electron chi connectivity index (χ4n) is 8.49. The minimum absolute atomic E-state index is 0.110. The molecular formula is C45H30. The van der Waals surface area contributed by atoms with Crippen molar-refractivity contribution in [2.75, 3.05) is 0 Å². The van der Waals surface area contributed by atoms with Crippen molar-refractivity contribution in [1.29, 1.82) is 0 Å². The molecule has 0 atom stereocenters. The number of rotatable bonds is 1. The van der Waals surface area contributed by atoms with Gasteiger partial charge in [-0.2, -0.15) is 0 Å². The summed E-state index contributed by atoms with van der Waals surface area (Å²) >= 11 is 0. The molecule has 0 fully saturated rings. The first-order valence-corrected chi connectivity index (χ1v) is 15.9. The first kappa shape index (κ1) is 24.9. The topological polar surface area (TPSA) is 0 Å². The first-order valence-electron chi connectivity index (χ1n) is 15.9. The Morgan fingerprint density at radius 1 is 0.356 bits per heavy atom. The van der Waals surface area contributed by atoms with Gasteiger partial charge in [0.25, 0.3) is 0 Å². The van der Waals surface area contributed by atoms with Crippen LogP contribution in [0.5, 0.6) is 0 Å². The lowest BCUT2D eigenvalue weighted by Gasteiger charge is -2.24. The van der Waals surface area contributed by atoms with E-state index in [1.54, 1.807) is 0 Å². The average molecular weight is 571 g/mol. The summed E-state index contributed by atoms with van der Waals surface area (Å²) in [7, 11) is 0. The summed E-state index contributed by atoms with van der Waals surface area (Å²) < 4.78 is 0. The lowest BCUT2D eigenvalue weighted by Crippen LogP contribution is -2.15. The Balaban J connectivity index is 1.26. The molecule has 0 unspecified atom stereocenters. The number of benzene rings is 9. The second kappa shape index (κ2) is 8.80. The molecule has 0 N–H and O–H groups in total. The number of hydrogen-bond donors (Lipinski definition) is 0. The van der Waals surface area contributed by atoms with Crippen molar-refractivity contribution < 1.29 is 0 Å². The molecule has 0 amide bonds. The molecule has 0 heteroatoms. The van der Waals surface area contributed by atoms with Crippen LogP contribution in [0.25, 0.3) is 86.9 Å². The molecule has 210 valence electrons. The van der Waals surface area contributed by atoms with Gasteiger partial charge in [-0.3, -0.25) is 0 Å². The Morgan fingerprint density at radius 3 is 1.38 bits per heavy atom. The zero-order valence-electron chi connectivity index (χ0n) is 25.4. The molecule has 0 radical (unpaired) electrons. The fourth-order valence-corrected chi connectivity index (χ4v) is 8.49. The van der Waals surface area contributed by atoms with E-state index in [-0.39, 0.29) is 5.41 Å². The second-order valence-corrected chi connectivity index (χ2v) is 13.3. The van der Waals surface area contributed by atoms with E-state index in [0.29, 0.717) is 0 Å². The van der Waals surface area contributed by atoms with E-state index in [2.05, 4.69) is 159 Å². The van der Waals surface area contributed by atoms with Crippen molar-refractivity contribution in [2.45, 2.75) is 19.3 Å². The van der Waals surface area contributed by atoms with Crippen LogP contribution in [0.2, 0.25) is 0 Å². The van der Waals surface area contributed by atoms with Crippen LogP contribution in [0.3, 0.4) is 0 Å². The van der Waals surface area contributed by atoms with E-state index in [0.717, 1.165) is 0 Å². The summed E-state index contributed by atoms with van der Waals surface area (Å²) in [5.74, 6) is 0. The van der Waals surface area contributed by atoms with Crippen molar-refractivity contribution in [1.82, 2.24) is 0 Å². The Kier molecular flexibility index (Phi) is 4.88. The number of fused-ring (bicyclic) bond motifs is 15. The molecule has 1 aliphatic rings. The van der Waals surface area contributed by atoms with E-state index in [1.807, 2.05) is 0 Å². The van der Waals surface area contributed by atoms with Crippen LogP contribution >= 0.6 is 0 Å². The van der Waals surface area contributed by atoms with Gasteiger partial charge < -0.3 is 0 Å². The molecule has 0 nitrogen and oxygen atoms in total. The SMILES string of the molecule is CC1(C)c2cc3ccccc3cc2-c2c1c1ccc(-c3ccc4c5ccccc5c5ccccc5c4c3)cc1c1ccccc21. The van der Waals surface area contributed by atoms with Crippen LogP contribution in [-0.2, 0) is 5.41 Å². The van der Waals surface area contributed by atoms with Gasteiger partial charge in [-0.15, -0.1) is 0 Å². The zero-order chi connectivity index (χ0) is 29.9. The number of hydrogen-bond acceptors (Lipinski definition) is 0. The Hall–Kier alpha value is -5.46. The van der Waals surface area contributed by atoms with Crippen LogP contribution in [0.15, 0.2) is 146 Å². The van der Waals surface area contributed by atoms with Crippen LogP contribution < -0.4 is 0 Å². The minimum atomic E-state index is -0.110. The molecule has 9 aromatic carbocycles. The largest absolute Gasteiger partial charge is 0.0616 e. The fraction of sp³-hybridized carbons (Fsp3) is 0.0667. The monoisotopic (exact) mass is 570 g/mol. The molecule has 1 aliphatic carbocycles. The third-order valence-electron chi connectivity index (χ3n) is 10.6. The first-order chi connectivity index (χ1) is 22.1. The predicted octanol–water partition coefficient (Wildman–Crippen LogP) is 12.6. The molecule has 0 spiro atoms. The van der Waals surface area contributed by atoms with E-state index >= 15 is 0 Å². The van der Waals surface area contributed by atoms with Crippen molar-refractivity contribution in [2.24, 2.45) is 0 Å². The van der Waals surface area contributed by atoms with Crippen molar-refractivity contribution in [3.05, 3.63) is 157 Å². The van der Waals surface area contributed by atoms with Gasteiger partial charge in [-0.1, -0.05) is 135 Å². The highest BCUT2D eigenvalue weighted by Crippen LogP contribution is 2.55. The Labute approximate surface area is 262 Å². The van der Waals surface area contributed by atoms with Gasteiger partial charge in [0, 0.05) is 5.41 Å². The maximum absolute atomic E-state index is 2.44. The highest BCUT2D eigenvalue weighted by atomic mass is 14.4. The van der Waals surface area contributed by atoms with Crippen molar-refractivity contribution in [3.8, 4) is 22.3 Å². The second-order valence-electron chi connectivity index (χ2n) is 13.3. The molecular weight excluding hydrogens is 540 g/mol. The van der Waals surface area contributed by atoms with Gasteiger partial charge >= 0.3 is 0 Å². The Bertz CT molecular complexity index is 2690. The highest BCUT2D eigenvalue weighted by Gasteiger charge is 2.38. The maximum atomic E-state index is 2.44. The van der Waals surface area contributed by atoms with E-state index < -0.39 is 0 Å². The summed E-state index contributed by atoms with van der Waals surface area (Å²) in [6.45, 7) is 4.82. The van der Waals surface area contributed by atoms with Crippen LogP contribution in [0.1, 0.15) is 25.0 Å². The quantitative estimate of drug-likeness (QED) is 0.172. The molecule has 9 aromatic rings. The highest BCUT2D eigenvalue weighted by molar-refractivity contribution is 6.26. The Morgan fingerprint density at radius 2 is 0.778 bits per heavy atom. The smallest absolute Gasteiger partial charge is 0.0165 e. The summed E-state index contributed by atoms with van der Waals surface area (Å²) in [5.41, 5.74) is 8.05. The van der Waals surface area contributed by atoms with Gasteiger partial charge in [0.05, 0.1) is 0 Å². The lowest BCUT2D eigenvalue weighted by molar-refractivity contribution is 0.667. The predicted molar refractivity (Wildman–Crippen MR) is 194 cm³/mol. The van der Waals surface area contributed by atoms with Crippen LogP contribution in [0.4, 0.5) is 0 Å². The van der Waals surface area contributed by atoms with E-state index in [9.17, 15) is 0 Å². The standard InChI is InChI=1S/C45H30/c1-45(2)42-26-28-12-4-3-11-27(28)25-41(42)43-37-18-10-9-17-35(37)40-24-30(20-22-38(40)44(43)45)29-19-21-36-33-15-6-5-13-31(33)32-14-7-8-16-34(32)39(36)23-29/h3-26H,1-2H3. The van der Waals surface area contributed by atoms with Crippen molar-refractivity contribution >= 4 is 64.6 Å². The van der Waals surface area contributed by atoms with Gasteiger partial charge in [0.2, 0.25) is 0 Å². The molecule has 0 bridgehead atoms. The van der Waals surface area contributed by atoms with Crippen LogP contribution in [-0.4, -0.2) is 0 Å². The summed E-state index contributed by atoms with van der Waals surface area (Å²) in [6.07, 6.45) is 0. The van der Waals surface area contributed by atoms with Gasteiger partial charge in [0.1, 0.15) is 0 Å². The normalized spacial score (nSPS) is 13.7. The zero-order valence-corrected chi connectivity index (χ0v) is 25.4. The third kappa shape index (κ3) is 3.32. The van der Waals surface area contributed by atoms with Gasteiger partial charge in [-0.25, -0.2) is 0 Å². The minimum Gasteiger partial charge on any atom is -0.0616 e. The summed E-state index contributed by atoms with van der Waals surface area (Å²) in [6, 6.07) is 54.5. The molecule has 45 heavy (non-hydrogen) atoms. The third-order valence-corrected chi connectivity index (χ3v) is 10.6. The molecule has 0 aromatic heterocycles. The maximum Gasteiger partial charge on any atom is 0.0165 e. The molecule has 0 aliphatic heterocycles. The molecule has 0 heterocycles. The van der Waals surface area contributed by atoms with Gasteiger partial charge in [0.15, 0.2) is 0 Å². The van der Waals surface area contributed by atoms with Crippen molar-refractivity contribution in [3.63, 3.8) is 0 Å². The lowest BCUT2D eigenvalue weighted by atomic mass is 9.78. The molecule has 0 saturated heterocycles. The van der Waals surface area contributed by atoms with Gasteiger partial charge in [-0.05, 0) is 122 Å². The van der Waals surface area contributed by atoms with Crippen LogP contribution in [0, 0.1) is 0 Å². The van der Waals surface area contributed by atoms with E-state index in [1.165, 1.54) is 98.0 Å². The average Bonchev–Trinajstić information content (AvgIpc) is 3.33. The summed E-state index contributed by atoms with van der Waals surface area (Å²) in [5, 5.41) is 15.8. The molecule has 10 rings (SSSR count). The van der Waals surface area contributed by atoms with E-state index in [4.69, 9.17) is 0 Å². The summed E-state index contributed by atoms with van der Waals surface area (Å²) in [4.78, 5) is 0. The molecule has 0 saturated carbocycles.